The average molecular weight is 300 g/mol. The molecule has 0 fully saturated rings. The smallest absolute Gasteiger partial charge is 0.416 e. The number of carbonyl (C=O) groups is 1. The number of carboxylic acid groups (broad SMARTS) is 1. The Kier molecular flexibility index (Phi) is 3.88. The van der Waals surface area contributed by atoms with Gasteiger partial charge in [-0.3, -0.25) is 0 Å². The number of aromatic carboxylic acids is 1. The summed E-state index contributed by atoms with van der Waals surface area (Å²) >= 11 is 0. The van der Waals surface area contributed by atoms with Crippen LogP contribution in [-0.2, 0) is 19.8 Å². The summed E-state index contributed by atoms with van der Waals surface area (Å²) in [6.07, 6.45) is -3.21. The van der Waals surface area contributed by atoms with Crippen molar-refractivity contribution in [2.75, 3.05) is 0 Å². The molecule has 0 amide bonds. The number of imidazole rings is 1. The molecule has 0 saturated carbocycles. The second kappa shape index (κ2) is 5.47. The van der Waals surface area contributed by atoms with Crippen LogP contribution in [0.3, 0.4) is 0 Å². The van der Waals surface area contributed by atoms with Gasteiger partial charge in [0.2, 0.25) is 0 Å². The molecule has 2 rings (SSSR count). The standard InChI is InChI=1S/C13H11F3N2O3/c1-18-10(12(19)20)6-17-11(18)7-21-9-4-2-8(3-5-9)13(14,15)16/h2-6H,7H2,1H3,(H,19,20). The number of alkyl halides is 3. The molecule has 21 heavy (non-hydrogen) atoms. The molecule has 8 heteroatoms. The molecule has 0 atom stereocenters. The van der Waals surface area contributed by atoms with Crippen LogP contribution in [0.25, 0.3) is 0 Å². The Labute approximate surface area is 117 Å². The van der Waals surface area contributed by atoms with Crippen molar-refractivity contribution >= 4 is 5.97 Å². The van der Waals surface area contributed by atoms with E-state index in [0.29, 0.717) is 5.82 Å². The van der Waals surface area contributed by atoms with Gasteiger partial charge < -0.3 is 14.4 Å². The van der Waals surface area contributed by atoms with E-state index in [1.165, 1.54) is 29.9 Å². The second-order valence-corrected chi connectivity index (χ2v) is 4.23. The fourth-order valence-corrected chi connectivity index (χ4v) is 1.67. The van der Waals surface area contributed by atoms with Crippen LogP contribution >= 0.6 is 0 Å². The Morgan fingerprint density at radius 1 is 1.33 bits per heavy atom. The van der Waals surface area contributed by atoms with Gasteiger partial charge in [0.15, 0.2) is 0 Å². The number of benzene rings is 1. The zero-order valence-corrected chi connectivity index (χ0v) is 10.9. The number of hydrogen-bond donors (Lipinski definition) is 1. The van der Waals surface area contributed by atoms with Gasteiger partial charge in [-0.2, -0.15) is 13.2 Å². The van der Waals surface area contributed by atoms with Gasteiger partial charge in [0.25, 0.3) is 0 Å². The first kappa shape index (κ1) is 14.9. The summed E-state index contributed by atoms with van der Waals surface area (Å²) in [5, 5.41) is 8.86. The normalized spacial score (nSPS) is 11.4. The lowest BCUT2D eigenvalue weighted by Gasteiger charge is -2.09. The van der Waals surface area contributed by atoms with E-state index < -0.39 is 17.7 Å². The van der Waals surface area contributed by atoms with E-state index in [4.69, 9.17) is 9.84 Å². The van der Waals surface area contributed by atoms with Crippen molar-refractivity contribution in [3.8, 4) is 5.75 Å². The third-order valence-electron chi connectivity index (χ3n) is 2.85. The number of ether oxygens (including phenoxy) is 1. The molecule has 0 aliphatic carbocycles. The summed E-state index contributed by atoms with van der Waals surface area (Å²) in [5.41, 5.74) is -0.763. The summed E-state index contributed by atoms with van der Waals surface area (Å²) in [5.74, 6) is -0.527. The molecule has 1 aromatic carbocycles. The van der Waals surface area contributed by atoms with Gasteiger partial charge in [0.1, 0.15) is 23.9 Å². The van der Waals surface area contributed by atoms with Gasteiger partial charge in [-0.15, -0.1) is 0 Å². The number of halogens is 3. The van der Waals surface area contributed by atoms with Crippen LogP contribution in [0.15, 0.2) is 30.5 Å². The number of carboxylic acids is 1. The number of hydrogen-bond acceptors (Lipinski definition) is 3. The zero-order chi connectivity index (χ0) is 15.6. The minimum atomic E-state index is -4.39. The topological polar surface area (TPSA) is 64.4 Å². The van der Waals surface area contributed by atoms with Gasteiger partial charge in [-0.25, -0.2) is 9.78 Å². The van der Waals surface area contributed by atoms with E-state index in [1.54, 1.807) is 0 Å². The van der Waals surface area contributed by atoms with Crippen molar-refractivity contribution in [1.82, 2.24) is 9.55 Å². The monoisotopic (exact) mass is 300 g/mol. The highest BCUT2D eigenvalue weighted by Crippen LogP contribution is 2.30. The second-order valence-electron chi connectivity index (χ2n) is 4.23. The summed E-state index contributed by atoms with van der Waals surface area (Å²) in [6, 6.07) is 4.22. The van der Waals surface area contributed by atoms with Crippen LogP contribution in [0.1, 0.15) is 21.9 Å². The first-order valence-corrected chi connectivity index (χ1v) is 5.83. The van der Waals surface area contributed by atoms with E-state index in [1.807, 2.05) is 0 Å². The van der Waals surface area contributed by atoms with Crippen LogP contribution < -0.4 is 4.74 Å². The summed E-state index contributed by atoms with van der Waals surface area (Å²) in [6.45, 7) is -0.0465. The molecular formula is C13H11F3N2O3. The van der Waals surface area contributed by atoms with E-state index >= 15 is 0 Å². The molecule has 5 nitrogen and oxygen atoms in total. The van der Waals surface area contributed by atoms with Crippen molar-refractivity contribution in [1.29, 1.82) is 0 Å². The van der Waals surface area contributed by atoms with E-state index in [0.717, 1.165) is 12.1 Å². The molecule has 1 N–H and O–H groups in total. The highest BCUT2D eigenvalue weighted by atomic mass is 19.4. The van der Waals surface area contributed by atoms with Crippen LogP contribution in [0.2, 0.25) is 0 Å². The summed E-state index contributed by atoms with van der Waals surface area (Å²) in [7, 11) is 1.52. The fraction of sp³-hybridized carbons (Fsp3) is 0.231. The maximum atomic E-state index is 12.4. The van der Waals surface area contributed by atoms with E-state index in [9.17, 15) is 18.0 Å². The van der Waals surface area contributed by atoms with E-state index in [2.05, 4.69) is 4.98 Å². The Bertz CT molecular complexity index is 648. The highest BCUT2D eigenvalue weighted by Gasteiger charge is 2.30. The van der Waals surface area contributed by atoms with Crippen LogP contribution in [0.5, 0.6) is 5.75 Å². The van der Waals surface area contributed by atoms with Crippen molar-refractivity contribution in [3.05, 3.63) is 47.5 Å². The lowest BCUT2D eigenvalue weighted by atomic mass is 10.2. The number of aromatic nitrogens is 2. The molecule has 2 aromatic rings. The highest BCUT2D eigenvalue weighted by molar-refractivity contribution is 5.85. The first-order valence-electron chi connectivity index (χ1n) is 5.83. The largest absolute Gasteiger partial charge is 0.486 e. The molecule has 1 heterocycles. The first-order chi connectivity index (χ1) is 9.79. The predicted molar refractivity (Wildman–Crippen MR) is 65.9 cm³/mol. The van der Waals surface area contributed by atoms with Crippen molar-refractivity contribution in [2.24, 2.45) is 7.05 Å². The lowest BCUT2D eigenvalue weighted by molar-refractivity contribution is -0.137. The van der Waals surface area contributed by atoms with Gasteiger partial charge in [-0.1, -0.05) is 0 Å². The summed E-state index contributed by atoms with van der Waals surface area (Å²) in [4.78, 5) is 14.7. The third kappa shape index (κ3) is 3.33. The molecule has 0 aliphatic rings. The Balaban J connectivity index is 2.05. The number of rotatable bonds is 4. The van der Waals surface area contributed by atoms with Crippen molar-refractivity contribution in [3.63, 3.8) is 0 Å². The van der Waals surface area contributed by atoms with Crippen LogP contribution in [-0.4, -0.2) is 20.6 Å². The van der Waals surface area contributed by atoms with Crippen LogP contribution in [0.4, 0.5) is 13.2 Å². The Hall–Kier alpha value is -2.51. The van der Waals surface area contributed by atoms with E-state index in [-0.39, 0.29) is 18.1 Å². The van der Waals surface area contributed by atoms with Crippen LogP contribution in [0, 0.1) is 0 Å². The SMILES string of the molecule is Cn1c(C(=O)O)cnc1COc1ccc(C(F)(F)F)cc1. The Morgan fingerprint density at radius 3 is 2.43 bits per heavy atom. The lowest BCUT2D eigenvalue weighted by Crippen LogP contribution is -2.09. The molecule has 0 spiro atoms. The number of nitrogens with zero attached hydrogens (tertiary/aromatic N) is 2. The minimum absolute atomic E-state index is 0.000944. The molecule has 0 bridgehead atoms. The Morgan fingerprint density at radius 2 is 1.95 bits per heavy atom. The molecule has 0 saturated heterocycles. The molecule has 112 valence electrons. The predicted octanol–water partition coefficient (Wildman–Crippen LogP) is 2.72. The van der Waals surface area contributed by atoms with Gasteiger partial charge >= 0.3 is 12.1 Å². The molecule has 0 aliphatic heterocycles. The zero-order valence-electron chi connectivity index (χ0n) is 10.9. The minimum Gasteiger partial charge on any atom is -0.486 e. The summed E-state index contributed by atoms with van der Waals surface area (Å²) < 4.78 is 43.8. The quantitative estimate of drug-likeness (QED) is 0.943. The average Bonchev–Trinajstić information content (AvgIpc) is 2.77. The fourth-order valence-electron chi connectivity index (χ4n) is 1.67. The third-order valence-corrected chi connectivity index (χ3v) is 2.85. The van der Waals surface area contributed by atoms with Crippen molar-refractivity contribution in [2.45, 2.75) is 12.8 Å². The van der Waals surface area contributed by atoms with Gasteiger partial charge in [-0.05, 0) is 24.3 Å². The maximum Gasteiger partial charge on any atom is 0.416 e. The maximum absolute atomic E-state index is 12.4. The molecule has 0 radical (unpaired) electrons. The molecule has 0 unspecified atom stereocenters. The van der Waals surface area contributed by atoms with Crippen molar-refractivity contribution < 1.29 is 27.8 Å². The molecule has 1 aromatic heterocycles. The van der Waals surface area contributed by atoms with Gasteiger partial charge in [0, 0.05) is 7.05 Å². The molecular weight excluding hydrogens is 289 g/mol. The van der Waals surface area contributed by atoms with Gasteiger partial charge in [0.05, 0.1) is 11.8 Å².